The van der Waals surface area contributed by atoms with E-state index in [9.17, 15) is 10.1 Å². The lowest BCUT2D eigenvalue weighted by Gasteiger charge is -2.13. The Kier molecular flexibility index (Phi) is 4.17. The van der Waals surface area contributed by atoms with E-state index in [0.29, 0.717) is 11.3 Å². The maximum absolute atomic E-state index is 11.1. The molecule has 2 rings (SSSR count). The van der Waals surface area contributed by atoms with Crippen LogP contribution < -0.4 is 5.32 Å². The summed E-state index contributed by atoms with van der Waals surface area (Å²) in [6, 6.07) is 5.21. The number of non-ortho nitro benzene ring substituents is 1. The average Bonchev–Trinajstić information content (AvgIpc) is 2.43. The molecule has 2 aromatic rings. The van der Waals surface area contributed by atoms with Crippen molar-refractivity contribution in [2.45, 2.75) is 27.2 Å². The van der Waals surface area contributed by atoms with Gasteiger partial charge in [0.1, 0.15) is 0 Å². The Morgan fingerprint density at radius 3 is 2.80 bits per heavy atom. The molecule has 0 fully saturated rings. The highest BCUT2D eigenvalue weighted by Crippen LogP contribution is 2.31. The Bertz CT molecular complexity index is 640. The summed E-state index contributed by atoms with van der Waals surface area (Å²) in [5.74, 6) is 0.558. The van der Waals surface area contributed by atoms with Gasteiger partial charge in [0.15, 0.2) is 0 Å². The van der Waals surface area contributed by atoms with Crippen LogP contribution in [-0.4, -0.2) is 16.5 Å². The second-order valence-corrected chi connectivity index (χ2v) is 5.15. The van der Waals surface area contributed by atoms with Gasteiger partial charge in [-0.05, 0) is 25.0 Å². The third kappa shape index (κ3) is 2.87. The van der Waals surface area contributed by atoms with E-state index in [1.807, 2.05) is 13.0 Å². The number of anilines is 1. The molecule has 0 amide bonds. The molecule has 106 valence electrons. The summed E-state index contributed by atoms with van der Waals surface area (Å²) in [6.45, 7) is 7.06. The number of benzene rings is 1. The molecule has 5 nitrogen and oxygen atoms in total. The fourth-order valence-electron chi connectivity index (χ4n) is 2.07. The Morgan fingerprint density at radius 1 is 1.40 bits per heavy atom. The number of pyridine rings is 1. The molecule has 0 aliphatic heterocycles. The molecule has 0 saturated carbocycles. The number of nitrogens with one attached hydrogen (secondary N) is 1. The van der Waals surface area contributed by atoms with Gasteiger partial charge in [-0.15, -0.1) is 0 Å². The normalized spacial score (nSPS) is 12.3. The highest BCUT2D eigenvalue weighted by atomic mass is 16.6. The monoisotopic (exact) mass is 273 g/mol. The van der Waals surface area contributed by atoms with Gasteiger partial charge in [-0.1, -0.05) is 20.3 Å². The van der Waals surface area contributed by atoms with Crippen LogP contribution in [0.4, 0.5) is 11.4 Å². The smallest absolute Gasteiger partial charge is 0.278 e. The number of rotatable bonds is 5. The van der Waals surface area contributed by atoms with Crippen LogP contribution in [0, 0.1) is 23.0 Å². The van der Waals surface area contributed by atoms with Crippen molar-refractivity contribution < 1.29 is 4.92 Å². The fraction of sp³-hybridized carbons (Fsp3) is 0.400. The second-order valence-electron chi connectivity index (χ2n) is 5.15. The number of nitrogens with zero attached hydrogens (tertiary/aromatic N) is 2. The minimum atomic E-state index is -0.363. The van der Waals surface area contributed by atoms with Gasteiger partial charge in [0.25, 0.3) is 5.69 Å². The van der Waals surface area contributed by atoms with E-state index in [1.54, 1.807) is 12.3 Å². The quantitative estimate of drug-likeness (QED) is 0.662. The molecule has 0 bridgehead atoms. The van der Waals surface area contributed by atoms with E-state index in [2.05, 4.69) is 24.1 Å². The molecule has 1 aromatic heterocycles. The Morgan fingerprint density at radius 2 is 2.15 bits per heavy atom. The molecule has 1 atom stereocenters. The lowest BCUT2D eigenvalue weighted by Crippen LogP contribution is -2.10. The number of fused-ring (bicyclic) bond motifs is 1. The Balaban J connectivity index is 2.48. The SMILES string of the molecule is CCC(C)CNc1ccc([N+](=O)[O-])c2cnc(C)cc12. The van der Waals surface area contributed by atoms with Crippen LogP contribution in [0.5, 0.6) is 0 Å². The average molecular weight is 273 g/mol. The van der Waals surface area contributed by atoms with E-state index < -0.39 is 0 Å². The number of nitro benzene ring substituents is 1. The number of nitro groups is 1. The van der Waals surface area contributed by atoms with Crippen LogP contribution in [0.15, 0.2) is 24.4 Å². The molecule has 0 radical (unpaired) electrons. The molecule has 0 aliphatic rings. The molecular weight excluding hydrogens is 254 g/mol. The van der Waals surface area contributed by atoms with E-state index in [-0.39, 0.29) is 10.6 Å². The Hall–Kier alpha value is -2.17. The molecule has 1 N–H and O–H groups in total. The number of hydrogen-bond acceptors (Lipinski definition) is 4. The van der Waals surface area contributed by atoms with E-state index >= 15 is 0 Å². The molecule has 1 unspecified atom stereocenters. The van der Waals surface area contributed by atoms with Crippen LogP contribution in [0.1, 0.15) is 26.0 Å². The van der Waals surface area contributed by atoms with Crippen LogP contribution in [-0.2, 0) is 0 Å². The maximum atomic E-state index is 11.1. The molecule has 5 heteroatoms. The van der Waals surface area contributed by atoms with Gasteiger partial charge in [-0.25, -0.2) is 0 Å². The van der Waals surface area contributed by atoms with Gasteiger partial charge in [-0.2, -0.15) is 0 Å². The summed E-state index contributed by atoms with van der Waals surface area (Å²) in [5.41, 5.74) is 1.88. The summed E-state index contributed by atoms with van der Waals surface area (Å²) in [5, 5.41) is 15.9. The summed E-state index contributed by atoms with van der Waals surface area (Å²) < 4.78 is 0. The summed E-state index contributed by atoms with van der Waals surface area (Å²) >= 11 is 0. The predicted molar refractivity (Wildman–Crippen MR) is 81.1 cm³/mol. The topological polar surface area (TPSA) is 68.1 Å². The molecule has 1 aromatic carbocycles. The fourth-order valence-corrected chi connectivity index (χ4v) is 2.07. The van der Waals surface area contributed by atoms with Crippen molar-refractivity contribution in [1.82, 2.24) is 4.98 Å². The third-order valence-corrected chi connectivity index (χ3v) is 3.55. The lowest BCUT2D eigenvalue weighted by atomic mass is 10.1. The largest absolute Gasteiger partial charge is 0.384 e. The van der Waals surface area contributed by atoms with Gasteiger partial charge < -0.3 is 5.32 Å². The van der Waals surface area contributed by atoms with Crippen LogP contribution >= 0.6 is 0 Å². The first-order valence-corrected chi connectivity index (χ1v) is 6.80. The first kappa shape index (κ1) is 14.2. The zero-order valence-electron chi connectivity index (χ0n) is 12.0. The van der Waals surface area contributed by atoms with Crippen molar-refractivity contribution in [3.05, 3.63) is 40.2 Å². The first-order valence-electron chi connectivity index (χ1n) is 6.80. The third-order valence-electron chi connectivity index (χ3n) is 3.55. The minimum Gasteiger partial charge on any atom is -0.384 e. The number of hydrogen-bond donors (Lipinski definition) is 1. The van der Waals surface area contributed by atoms with Gasteiger partial charge in [-0.3, -0.25) is 15.1 Å². The first-order chi connectivity index (χ1) is 9.52. The molecule has 20 heavy (non-hydrogen) atoms. The van der Waals surface area contributed by atoms with E-state index in [4.69, 9.17) is 0 Å². The predicted octanol–water partition coefficient (Wildman–Crippen LogP) is 3.91. The molecular formula is C15H19N3O2. The Labute approximate surface area is 118 Å². The summed E-state index contributed by atoms with van der Waals surface area (Å²) in [7, 11) is 0. The zero-order valence-corrected chi connectivity index (χ0v) is 12.0. The summed E-state index contributed by atoms with van der Waals surface area (Å²) in [6.07, 6.45) is 2.68. The van der Waals surface area contributed by atoms with Gasteiger partial charge in [0.05, 0.1) is 10.3 Å². The second kappa shape index (κ2) is 5.86. The standard InChI is InChI=1S/C15H19N3O2/c1-4-10(2)8-17-14-5-6-15(18(19)20)13-9-16-11(3)7-12(13)14/h5-7,9-10,17H,4,8H2,1-3H3. The number of aryl methyl sites for hydroxylation is 1. The van der Waals surface area contributed by atoms with Crippen molar-refractivity contribution in [1.29, 1.82) is 0 Å². The minimum absolute atomic E-state index is 0.0987. The molecule has 1 heterocycles. The lowest BCUT2D eigenvalue weighted by molar-refractivity contribution is -0.383. The number of aromatic nitrogens is 1. The van der Waals surface area contributed by atoms with Crippen molar-refractivity contribution in [3.8, 4) is 0 Å². The molecule has 0 saturated heterocycles. The highest BCUT2D eigenvalue weighted by molar-refractivity contribution is 5.99. The summed E-state index contributed by atoms with van der Waals surface area (Å²) in [4.78, 5) is 14.9. The molecule has 0 spiro atoms. The van der Waals surface area contributed by atoms with Crippen molar-refractivity contribution in [2.24, 2.45) is 5.92 Å². The molecule has 0 aliphatic carbocycles. The van der Waals surface area contributed by atoms with Gasteiger partial charge in [0.2, 0.25) is 0 Å². The van der Waals surface area contributed by atoms with Crippen molar-refractivity contribution in [3.63, 3.8) is 0 Å². The zero-order chi connectivity index (χ0) is 14.7. The maximum Gasteiger partial charge on any atom is 0.278 e. The van der Waals surface area contributed by atoms with Crippen LogP contribution in [0.3, 0.4) is 0 Å². The van der Waals surface area contributed by atoms with Crippen molar-refractivity contribution >= 4 is 22.1 Å². The van der Waals surface area contributed by atoms with Gasteiger partial charge >= 0.3 is 0 Å². The highest BCUT2D eigenvalue weighted by Gasteiger charge is 2.15. The van der Waals surface area contributed by atoms with Crippen molar-refractivity contribution in [2.75, 3.05) is 11.9 Å². The van der Waals surface area contributed by atoms with Gasteiger partial charge in [0, 0.05) is 35.6 Å². The van der Waals surface area contributed by atoms with E-state index in [0.717, 1.165) is 29.7 Å². The van der Waals surface area contributed by atoms with E-state index in [1.165, 1.54) is 6.07 Å². The van der Waals surface area contributed by atoms with Crippen LogP contribution in [0.25, 0.3) is 10.8 Å². The van der Waals surface area contributed by atoms with Crippen LogP contribution in [0.2, 0.25) is 0 Å².